The normalized spacial score (nSPS) is 19.2. The molecule has 0 fully saturated rings. The molecule has 0 N–H and O–H groups in total. The zero-order valence-electron chi connectivity index (χ0n) is 9.13. The van der Waals surface area contributed by atoms with E-state index in [4.69, 9.17) is 0 Å². The summed E-state index contributed by atoms with van der Waals surface area (Å²) in [5.41, 5.74) is 0. The van der Waals surface area contributed by atoms with Crippen LogP contribution in [0.25, 0.3) is 0 Å². The maximum atomic E-state index is 12.0. The fourth-order valence-corrected chi connectivity index (χ4v) is 4.91. The van der Waals surface area contributed by atoms with E-state index in [1.165, 1.54) is 0 Å². The highest BCUT2D eigenvalue weighted by Gasteiger charge is 2.19. The van der Waals surface area contributed by atoms with E-state index < -0.39 is 7.14 Å². The van der Waals surface area contributed by atoms with Crippen LogP contribution in [-0.4, -0.2) is 19.0 Å². The van der Waals surface area contributed by atoms with Crippen LogP contribution in [0.1, 0.15) is 34.1 Å². The standard InChI is InChI=1S/C10H23OP/c1-6-10(4)8-12(5,11)7-9(2)3/h9-10H,6-8H2,1-5H3/t10?,12-/m1/s1. The summed E-state index contributed by atoms with van der Waals surface area (Å²) < 4.78 is 12.0. The molecule has 0 aromatic rings. The first-order chi connectivity index (χ1) is 5.37. The minimum absolute atomic E-state index is 0.574. The molecule has 74 valence electrons. The summed E-state index contributed by atoms with van der Waals surface area (Å²) in [6.45, 7) is 10.6. The molecule has 2 heteroatoms. The third-order valence-electron chi connectivity index (χ3n) is 2.15. The molecule has 1 unspecified atom stereocenters. The Kier molecular flexibility index (Phi) is 5.16. The van der Waals surface area contributed by atoms with Crippen LogP contribution in [0.2, 0.25) is 0 Å². The van der Waals surface area contributed by atoms with Gasteiger partial charge in [0.1, 0.15) is 0 Å². The Morgan fingerprint density at radius 1 is 1.17 bits per heavy atom. The van der Waals surface area contributed by atoms with Crippen molar-refractivity contribution in [2.75, 3.05) is 19.0 Å². The Labute approximate surface area is 77.3 Å². The Hall–Kier alpha value is 0.230. The summed E-state index contributed by atoms with van der Waals surface area (Å²) in [6, 6.07) is 0. The summed E-state index contributed by atoms with van der Waals surface area (Å²) in [7, 11) is -1.82. The van der Waals surface area contributed by atoms with Crippen molar-refractivity contribution >= 4 is 7.14 Å². The van der Waals surface area contributed by atoms with E-state index in [9.17, 15) is 4.57 Å². The summed E-state index contributed by atoms with van der Waals surface area (Å²) >= 11 is 0. The molecule has 0 aromatic heterocycles. The van der Waals surface area contributed by atoms with Crippen LogP contribution < -0.4 is 0 Å². The van der Waals surface area contributed by atoms with Gasteiger partial charge in [-0.05, 0) is 18.5 Å². The largest absolute Gasteiger partial charge is 0.324 e. The summed E-state index contributed by atoms with van der Waals surface area (Å²) in [4.78, 5) is 0. The van der Waals surface area contributed by atoms with Gasteiger partial charge >= 0.3 is 0 Å². The minimum Gasteiger partial charge on any atom is -0.324 e. The molecule has 0 aliphatic heterocycles. The van der Waals surface area contributed by atoms with Gasteiger partial charge in [0, 0.05) is 12.3 Å². The third-order valence-corrected chi connectivity index (χ3v) is 5.04. The molecule has 12 heavy (non-hydrogen) atoms. The van der Waals surface area contributed by atoms with Crippen LogP contribution in [0.3, 0.4) is 0 Å². The Morgan fingerprint density at radius 3 is 2.00 bits per heavy atom. The van der Waals surface area contributed by atoms with Crippen LogP contribution in [0.15, 0.2) is 0 Å². The highest BCUT2D eigenvalue weighted by Crippen LogP contribution is 2.45. The van der Waals surface area contributed by atoms with E-state index in [1.54, 1.807) is 0 Å². The lowest BCUT2D eigenvalue weighted by Crippen LogP contribution is -2.06. The molecular weight excluding hydrogens is 167 g/mol. The number of hydrogen-bond acceptors (Lipinski definition) is 1. The van der Waals surface area contributed by atoms with Gasteiger partial charge in [-0.25, -0.2) is 0 Å². The fourth-order valence-electron chi connectivity index (χ4n) is 1.64. The van der Waals surface area contributed by atoms with E-state index in [1.807, 2.05) is 6.66 Å². The highest BCUT2D eigenvalue weighted by atomic mass is 31.2. The van der Waals surface area contributed by atoms with Crippen molar-refractivity contribution in [3.63, 3.8) is 0 Å². The second kappa shape index (κ2) is 5.07. The molecule has 0 heterocycles. The van der Waals surface area contributed by atoms with Crippen LogP contribution in [0.4, 0.5) is 0 Å². The molecule has 1 nitrogen and oxygen atoms in total. The van der Waals surface area contributed by atoms with Gasteiger partial charge in [-0.3, -0.25) is 0 Å². The quantitative estimate of drug-likeness (QED) is 0.604. The number of rotatable bonds is 5. The smallest absolute Gasteiger partial charge is 0.0853 e. The second-order valence-corrected chi connectivity index (χ2v) is 7.89. The Morgan fingerprint density at radius 2 is 1.67 bits per heavy atom. The molecule has 0 spiro atoms. The average Bonchev–Trinajstić information content (AvgIpc) is 1.83. The van der Waals surface area contributed by atoms with Crippen LogP contribution in [-0.2, 0) is 4.57 Å². The van der Waals surface area contributed by atoms with Gasteiger partial charge in [-0.1, -0.05) is 34.1 Å². The van der Waals surface area contributed by atoms with Crippen molar-refractivity contribution in [1.82, 2.24) is 0 Å². The molecule has 0 amide bonds. The van der Waals surface area contributed by atoms with Crippen molar-refractivity contribution in [3.05, 3.63) is 0 Å². The van der Waals surface area contributed by atoms with Crippen LogP contribution in [0, 0.1) is 11.8 Å². The highest BCUT2D eigenvalue weighted by molar-refractivity contribution is 7.63. The van der Waals surface area contributed by atoms with Gasteiger partial charge in [0.05, 0.1) is 7.14 Å². The first kappa shape index (κ1) is 12.2. The van der Waals surface area contributed by atoms with Gasteiger partial charge in [0.25, 0.3) is 0 Å². The van der Waals surface area contributed by atoms with E-state index in [0.29, 0.717) is 11.8 Å². The zero-order chi connectivity index (χ0) is 9.78. The van der Waals surface area contributed by atoms with Gasteiger partial charge in [-0.2, -0.15) is 0 Å². The van der Waals surface area contributed by atoms with Crippen molar-refractivity contribution in [2.24, 2.45) is 11.8 Å². The third kappa shape index (κ3) is 5.83. The maximum absolute atomic E-state index is 12.0. The molecule has 0 bridgehead atoms. The molecule has 0 radical (unpaired) electrons. The molecule has 2 atom stereocenters. The molecule has 0 aliphatic rings. The van der Waals surface area contributed by atoms with E-state index in [-0.39, 0.29) is 0 Å². The molecule has 0 rings (SSSR count). The lowest BCUT2D eigenvalue weighted by atomic mass is 10.2. The molecular formula is C10H23OP. The van der Waals surface area contributed by atoms with Crippen molar-refractivity contribution in [3.8, 4) is 0 Å². The molecule has 0 aromatic carbocycles. The Bertz CT molecular complexity index is 163. The monoisotopic (exact) mass is 190 g/mol. The van der Waals surface area contributed by atoms with Gasteiger partial charge in [0.2, 0.25) is 0 Å². The predicted octanol–water partition coefficient (Wildman–Crippen LogP) is 3.68. The minimum atomic E-state index is -1.82. The van der Waals surface area contributed by atoms with Gasteiger partial charge in [-0.15, -0.1) is 0 Å². The average molecular weight is 190 g/mol. The van der Waals surface area contributed by atoms with E-state index >= 15 is 0 Å². The SMILES string of the molecule is CCC(C)C[P@](C)(=O)CC(C)C. The van der Waals surface area contributed by atoms with Gasteiger partial charge in [0.15, 0.2) is 0 Å². The van der Waals surface area contributed by atoms with Gasteiger partial charge < -0.3 is 4.57 Å². The van der Waals surface area contributed by atoms with E-state index in [2.05, 4.69) is 27.7 Å². The number of hydrogen-bond donors (Lipinski definition) is 0. The topological polar surface area (TPSA) is 17.1 Å². The van der Waals surface area contributed by atoms with Crippen molar-refractivity contribution in [2.45, 2.75) is 34.1 Å². The summed E-state index contributed by atoms with van der Waals surface area (Å²) in [6.07, 6.45) is 2.99. The first-order valence-electron chi connectivity index (χ1n) is 4.93. The summed E-state index contributed by atoms with van der Waals surface area (Å²) in [5.74, 6) is 1.20. The van der Waals surface area contributed by atoms with E-state index in [0.717, 1.165) is 18.7 Å². The second-order valence-electron chi connectivity index (χ2n) is 4.57. The fraction of sp³-hybridized carbons (Fsp3) is 1.00. The predicted molar refractivity (Wildman–Crippen MR) is 57.6 cm³/mol. The van der Waals surface area contributed by atoms with Crippen LogP contribution in [0.5, 0.6) is 0 Å². The molecule has 0 saturated carbocycles. The zero-order valence-corrected chi connectivity index (χ0v) is 10.0. The Balaban J connectivity index is 3.95. The molecule has 0 saturated heterocycles. The molecule has 0 aliphatic carbocycles. The maximum Gasteiger partial charge on any atom is 0.0853 e. The van der Waals surface area contributed by atoms with Crippen molar-refractivity contribution in [1.29, 1.82) is 0 Å². The lowest BCUT2D eigenvalue weighted by molar-refractivity contribution is 0.549. The first-order valence-corrected chi connectivity index (χ1v) is 7.45. The van der Waals surface area contributed by atoms with Crippen molar-refractivity contribution < 1.29 is 4.57 Å². The lowest BCUT2D eigenvalue weighted by Gasteiger charge is -2.18. The summed E-state index contributed by atoms with van der Waals surface area (Å²) in [5, 5.41) is 0. The van der Waals surface area contributed by atoms with Crippen LogP contribution >= 0.6 is 7.14 Å².